The van der Waals surface area contributed by atoms with Crippen molar-refractivity contribution < 1.29 is 5.11 Å². The molecule has 2 heterocycles. The number of hydrogen-bond acceptors (Lipinski definition) is 4. The second-order valence-electron chi connectivity index (χ2n) is 4.01. The minimum Gasteiger partial charge on any atom is -0.392 e. The molecule has 0 amide bonds. The highest BCUT2D eigenvalue weighted by Gasteiger charge is 2.12. The van der Waals surface area contributed by atoms with Crippen molar-refractivity contribution in [3.8, 4) is 0 Å². The quantitative estimate of drug-likeness (QED) is 0.861. The van der Waals surface area contributed by atoms with E-state index in [1.807, 2.05) is 13.8 Å². The van der Waals surface area contributed by atoms with Gasteiger partial charge in [-0.3, -0.25) is 9.36 Å². The number of aromatic nitrogens is 2. The number of rotatable bonds is 2. The molecule has 0 aliphatic heterocycles. The van der Waals surface area contributed by atoms with Gasteiger partial charge in [0.25, 0.3) is 5.56 Å². The molecule has 0 bridgehead atoms. The maximum absolute atomic E-state index is 12.1. The normalized spacial score (nSPS) is 13.2. The summed E-state index contributed by atoms with van der Waals surface area (Å²) < 4.78 is 1.46. The second-order valence-corrected chi connectivity index (χ2v) is 5.22. The Labute approximate surface area is 97.2 Å². The van der Waals surface area contributed by atoms with Crippen molar-refractivity contribution in [2.45, 2.75) is 33.4 Å². The maximum atomic E-state index is 12.1. The lowest BCUT2D eigenvalue weighted by Gasteiger charge is -2.07. The Hall–Kier alpha value is -1.20. The van der Waals surface area contributed by atoms with E-state index >= 15 is 0 Å². The summed E-state index contributed by atoms with van der Waals surface area (Å²) in [5.74, 6) is 0. The van der Waals surface area contributed by atoms with Crippen LogP contribution in [0.4, 0.5) is 0 Å². The van der Waals surface area contributed by atoms with E-state index in [9.17, 15) is 9.90 Å². The Balaban J connectivity index is 2.69. The first-order chi connectivity index (χ1) is 7.50. The molecule has 86 valence electrons. The van der Waals surface area contributed by atoms with Crippen LogP contribution >= 0.6 is 11.3 Å². The molecule has 1 atom stereocenters. The number of aryl methyl sites for hydroxylation is 2. The molecule has 0 aliphatic carbocycles. The molecular weight excluding hydrogens is 224 g/mol. The number of fused-ring (bicyclic) bond motifs is 1. The van der Waals surface area contributed by atoms with Gasteiger partial charge in [0.05, 0.1) is 24.4 Å². The van der Waals surface area contributed by atoms with Crippen LogP contribution in [0.15, 0.2) is 11.1 Å². The van der Waals surface area contributed by atoms with E-state index < -0.39 is 6.10 Å². The van der Waals surface area contributed by atoms with Crippen molar-refractivity contribution in [2.24, 2.45) is 0 Å². The minimum absolute atomic E-state index is 0.0623. The fourth-order valence-electron chi connectivity index (χ4n) is 1.68. The van der Waals surface area contributed by atoms with Crippen molar-refractivity contribution in [1.82, 2.24) is 9.55 Å². The van der Waals surface area contributed by atoms with Crippen LogP contribution in [-0.2, 0) is 6.54 Å². The summed E-state index contributed by atoms with van der Waals surface area (Å²) in [6.45, 7) is 5.86. The summed E-state index contributed by atoms with van der Waals surface area (Å²) in [7, 11) is 0. The second kappa shape index (κ2) is 3.99. The first kappa shape index (κ1) is 11.3. The third-order valence-electron chi connectivity index (χ3n) is 2.62. The molecule has 0 saturated heterocycles. The molecule has 0 spiro atoms. The highest BCUT2D eigenvalue weighted by Crippen LogP contribution is 2.25. The van der Waals surface area contributed by atoms with Crippen molar-refractivity contribution in [2.75, 3.05) is 0 Å². The zero-order valence-corrected chi connectivity index (χ0v) is 10.3. The van der Waals surface area contributed by atoms with Crippen LogP contribution in [0.5, 0.6) is 0 Å². The van der Waals surface area contributed by atoms with E-state index in [4.69, 9.17) is 0 Å². The van der Waals surface area contributed by atoms with Gasteiger partial charge in [0, 0.05) is 4.88 Å². The van der Waals surface area contributed by atoms with Crippen molar-refractivity contribution in [3.05, 3.63) is 27.1 Å². The Bertz CT molecular complexity index is 583. The lowest BCUT2D eigenvalue weighted by Crippen LogP contribution is -2.25. The van der Waals surface area contributed by atoms with E-state index in [1.54, 1.807) is 6.92 Å². The van der Waals surface area contributed by atoms with Crippen molar-refractivity contribution >= 4 is 21.6 Å². The Morgan fingerprint density at radius 2 is 2.25 bits per heavy atom. The molecule has 0 fully saturated rings. The van der Waals surface area contributed by atoms with E-state index in [2.05, 4.69) is 4.98 Å². The highest BCUT2D eigenvalue weighted by molar-refractivity contribution is 7.18. The van der Waals surface area contributed by atoms with Crippen LogP contribution in [0, 0.1) is 13.8 Å². The number of thiophene rings is 1. The molecule has 2 rings (SSSR count). The largest absolute Gasteiger partial charge is 0.392 e. The van der Waals surface area contributed by atoms with Crippen LogP contribution < -0.4 is 5.56 Å². The molecular formula is C11H14N2O2S. The number of aliphatic hydroxyl groups excluding tert-OH is 1. The summed E-state index contributed by atoms with van der Waals surface area (Å²) in [4.78, 5) is 18.3. The van der Waals surface area contributed by atoms with Crippen molar-refractivity contribution in [3.63, 3.8) is 0 Å². The van der Waals surface area contributed by atoms with Gasteiger partial charge in [-0.15, -0.1) is 11.3 Å². The monoisotopic (exact) mass is 238 g/mol. The Morgan fingerprint density at radius 3 is 2.88 bits per heavy atom. The first-order valence-corrected chi connectivity index (χ1v) is 5.95. The van der Waals surface area contributed by atoms with Gasteiger partial charge in [0.2, 0.25) is 0 Å². The zero-order valence-electron chi connectivity index (χ0n) is 9.52. The molecule has 4 nitrogen and oxygen atoms in total. The molecule has 0 radical (unpaired) electrons. The maximum Gasteiger partial charge on any atom is 0.262 e. The Morgan fingerprint density at radius 1 is 1.56 bits per heavy atom. The molecule has 0 aliphatic rings. The zero-order chi connectivity index (χ0) is 11.9. The van der Waals surface area contributed by atoms with Crippen molar-refractivity contribution in [1.29, 1.82) is 0 Å². The standard InChI is InChI=1S/C11H14N2O2S/c1-6(14)4-13-5-12-10-9(11(13)15)7(2)8(3)16-10/h5-6,14H,4H2,1-3H3/t6-/m1/s1. The molecule has 1 N–H and O–H groups in total. The third kappa shape index (κ3) is 1.76. The molecule has 0 aromatic carbocycles. The summed E-state index contributed by atoms with van der Waals surface area (Å²) >= 11 is 1.53. The minimum atomic E-state index is -0.544. The van der Waals surface area contributed by atoms with Crippen LogP contribution in [0.1, 0.15) is 17.4 Å². The van der Waals surface area contributed by atoms with E-state index in [0.717, 1.165) is 15.3 Å². The fourth-order valence-corrected chi connectivity index (χ4v) is 2.67. The fraction of sp³-hybridized carbons (Fsp3) is 0.455. The molecule has 16 heavy (non-hydrogen) atoms. The average Bonchev–Trinajstić information content (AvgIpc) is 2.48. The van der Waals surface area contributed by atoms with E-state index in [0.29, 0.717) is 5.39 Å². The summed E-state index contributed by atoms with van der Waals surface area (Å²) in [6, 6.07) is 0. The SMILES string of the molecule is Cc1sc2ncn(C[C@@H](C)O)c(=O)c2c1C. The summed E-state index contributed by atoms with van der Waals surface area (Å²) in [6.07, 6.45) is 0.962. The van der Waals surface area contributed by atoms with Gasteiger partial charge in [-0.1, -0.05) is 0 Å². The van der Waals surface area contributed by atoms with Crippen LogP contribution in [-0.4, -0.2) is 20.8 Å². The van der Waals surface area contributed by atoms with Gasteiger partial charge >= 0.3 is 0 Å². The number of nitrogens with zero attached hydrogens (tertiary/aromatic N) is 2. The molecule has 2 aromatic rings. The van der Waals surface area contributed by atoms with Crippen LogP contribution in [0.2, 0.25) is 0 Å². The molecule has 5 heteroatoms. The summed E-state index contributed by atoms with van der Waals surface area (Å²) in [5, 5.41) is 9.98. The number of hydrogen-bond donors (Lipinski definition) is 1. The van der Waals surface area contributed by atoms with Crippen LogP contribution in [0.25, 0.3) is 10.2 Å². The molecule has 0 unspecified atom stereocenters. The van der Waals surface area contributed by atoms with Gasteiger partial charge in [0.15, 0.2) is 0 Å². The predicted octanol–water partition coefficient (Wildman–Crippen LogP) is 1.46. The van der Waals surface area contributed by atoms with E-state index in [-0.39, 0.29) is 12.1 Å². The lowest BCUT2D eigenvalue weighted by atomic mass is 10.2. The van der Waals surface area contributed by atoms with Gasteiger partial charge in [0.1, 0.15) is 4.83 Å². The predicted molar refractivity (Wildman–Crippen MR) is 65.0 cm³/mol. The van der Waals surface area contributed by atoms with Gasteiger partial charge in [-0.05, 0) is 26.3 Å². The Kier molecular flexibility index (Phi) is 2.82. The van der Waals surface area contributed by atoms with Gasteiger partial charge < -0.3 is 5.11 Å². The molecule has 2 aromatic heterocycles. The van der Waals surface area contributed by atoms with Gasteiger partial charge in [-0.2, -0.15) is 0 Å². The topological polar surface area (TPSA) is 55.1 Å². The first-order valence-electron chi connectivity index (χ1n) is 5.14. The lowest BCUT2D eigenvalue weighted by molar-refractivity contribution is 0.172. The average molecular weight is 238 g/mol. The highest BCUT2D eigenvalue weighted by atomic mass is 32.1. The summed E-state index contributed by atoms with van der Waals surface area (Å²) in [5.41, 5.74) is 0.935. The van der Waals surface area contributed by atoms with E-state index in [1.165, 1.54) is 22.2 Å². The smallest absolute Gasteiger partial charge is 0.262 e. The van der Waals surface area contributed by atoms with Crippen LogP contribution in [0.3, 0.4) is 0 Å². The third-order valence-corrected chi connectivity index (χ3v) is 3.73. The number of aliphatic hydroxyl groups is 1. The van der Waals surface area contributed by atoms with Gasteiger partial charge in [-0.25, -0.2) is 4.98 Å². The molecule has 0 saturated carbocycles.